The van der Waals surface area contributed by atoms with Crippen LogP contribution >= 0.6 is 0 Å². The molecule has 5 nitrogen and oxygen atoms in total. The van der Waals surface area contributed by atoms with E-state index in [4.69, 9.17) is 14.2 Å². The molecule has 1 amide bonds. The van der Waals surface area contributed by atoms with Crippen molar-refractivity contribution in [2.24, 2.45) is 0 Å². The third kappa shape index (κ3) is 3.37. The maximum Gasteiger partial charge on any atom is 0.255 e. The lowest BCUT2D eigenvalue weighted by atomic mass is 10.1. The summed E-state index contributed by atoms with van der Waals surface area (Å²) in [7, 11) is 4.69. The molecule has 0 bridgehead atoms. The van der Waals surface area contributed by atoms with Crippen molar-refractivity contribution in [1.82, 2.24) is 5.32 Å². The maximum atomic E-state index is 12.0. The second-order valence-electron chi connectivity index (χ2n) is 3.77. The summed E-state index contributed by atoms with van der Waals surface area (Å²) in [6, 6.07) is 3.46. The molecule has 0 heterocycles. The molecule has 0 atom stereocenters. The molecular formula is C13H19NO4. The Hall–Kier alpha value is -1.75. The smallest absolute Gasteiger partial charge is 0.255 e. The third-order valence-corrected chi connectivity index (χ3v) is 2.55. The molecule has 1 N–H and O–H groups in total. The predicted octanol–water partition coefficient (Wildman–Crippen LogP) is 1.39. The normalized spacial score (nSPS) is 10.0. The van der Waals surface area contributed by atoms with Gasteiger partial charge in [0.25, 0.3) is 5.91 Å². The van der Waals surface area contributed by atoms with Crippen LogP contribution in [-0.4, -0.2) is 40.4 Å². The van der Waals surface area contributed by atoms with Gasteiger partial charge in [0.05, 0.1) is 26.4 Å². The summed E-state index contributed by atoms with van der Waals surface area (Å²) in [5.74, 6) is 0.984. The summed E-state index contributed by atoms with van der Waals surface area (Å²) in [6.45, 7) is 2.82. The molecule has 0 unspecified atom stereocenters. The number of benzene rings is 1. The van der Waals surface area contributed by atoms with E-state index in [2.05, 4.69) is 5.32 Å². The van der Waals surface area contributed by atoms with Gasteiger partial charge in [-0.25, -0.2) is 0 Å². The van der Waals surface area contributed by atoms with Crippen LogP contribution in [0.4, 0.5) is 0 Å². The van der Waals surface area contributed by atoms with E-state index in [0.29, 0.717) is 30.2 Å². The number of nitrogens with one attached hydrogen (secondary N) is 1. The van der Waals surface area contributed by atoms with Crippen molar-refractivity contribution >= 4 is 5.91 Å². The summed E-state index contributed by atoms with van der Waals surface area (Å²) in [4.78, 5) is 12.0. The fourth-order valence-electron chi connectivity index (χ4n) is 1.59. The quantitative estimate of drug-likeness (QED) is 0.778. The Morgan fingerprint density at radius 3 is 2.39 bits per heavy atom. The van der Waals surface area contributed by atoms with Crippen molar-refractivity contribution < 1.29 is 19.0 Å². The van der Waals surface area contributed by atoms with Crippen molar-refractivity contribution in [3.8, 4) is 11.5 Å². The van der Waals surface area contributed by atoms with Gasteiger partial charge in [0.15, 0.2) is 0 Å². The van der Waals surface area contributed by atoms with Crippen molar-refractivity contribution in [3.63, 3.8) is 0 Å². The van der Waals surface area contributed by atoms with E-state index in [0.717, 1.165) is 5.56 Å². The SMILES string of the molecule is COCCNC(=O)c1cc(OC)c(C)cc1OC. The van der Waals surface area contributed by atoms with Gasteiger partial charge < -0.3 is 19.5 Å². The number of methoxy groups -OCH3 is 3. The lowest BCUT2D eigenvalue weighted by molar-refractivity contribution is 0.0933. The maximum absolute atomic E-state index is 12.0. The average Bonchev–Trinajstić information content (AvgIpc) is 2.38. The summed E-state index contributed by atoms with van der Waals surface area (Å²) in [5.41, 5.74) is 1.37. The van der Waals surface area contributed by atoms with E-state index in [1.165, 1.54) is 7.11 Å². The van der Waals surface area contributed by atoms with Crippen molar-refractivity contribution in [2.45, 2.75) is 6.92 Å². The fourth-order valence-corrected chi connectivity index (χ4v) is 1.59. The summed E-state index contributed by atoms with van der Waals surface area (Å²) < 4.78 is 15.3. The first-order valence-corrected chi connectivity index (χ1v) is 5.63. The highest BCUT2D eigenvalue weighted by Gasteiger charge is 2.15. The molecule has 0 saturated heterocycles. The van der Waals surface area contributed by atoms with Crippen molar-refractivity contribution in [3.05, 3.63) is 23.3 Å². The second-order valence-corrected chi connectivity index (χ2v) is 3.77. The molecule has 5 heteroatoms. The van der Waals surface area contributed by atoms with Gasteiger partial charge >= 0.3 is 0 Å². The first-order valence-electron chi connectivity index (χ1n) is 5.63. The van der Waals surface area contributed by atoms with Gasteiger partial charge in [0, 0.05) is 13.7 Å². The van der Waals surface area contributed by atoms with E-state index < -0.39 is 0 Å². The fraction of sp³-hybridized carbons (Fsp3) is 0.462. The van der Waals surface area contributed by atoms with Crippen LogP contribution in [0.3, 0.4) is 0 Å². The van der Waals surface area contributed by atoms with E-state index in [1.807, 2.05) is 6.92 Å². The number of carbonyl (C=O) groups is 1. The van der Waals surface area contributed by atoms with E-state index >= 15 is 0 Å². The van der Waals surface area contributed by atoms with Gasteiger partial charge in [-0.2, -0.15) is 0 Å². The van der Waals surface area contributed by atoms with Crippen LogP contribution in [0.25, 0.3) is 0 Å². The molecule has 0 aliphatic rings. The molecule has 1 rings (SSSR count). The van der Waals surface area contributed by atoms with Gasteiger partial charge in [-0.1, -0.05) is 0 Å². The van der Waals surface area contributed by atoms with Crippen LogP contribution in [0, 0.1) is 6.92 Å². The number of aryl methyl sites for hydroxylation is 1. The average molecular weight is 253 g/mol. The highest BCUT2D eigenvalue weighted by molar-refractivity contribution is 5.97. The second kappa shape index (κ2) is 6.86. The van der Waals surface area contributed by atoms with E-state index in [9.17, 15) is 4.79 Å². The zero-order valence-corrected chi connectivity index (χ0v) is 11.2. The molecule has 0 radical (unpaired) electrons. The Bertz CT molecular complexity index is 418. The van der Waals surface area contributed by atoms with Crippen LogP contribution in [0.15, 0.2) is 12.1 Å². The van der Waals surface area contributed by atoms with Crippen LogP contribution in [0.2, 0.25) is 0 Å². The van der Waals surface area contributed by atoms with E-state index in [-0.39, 0.29) is 5.91 Å². The lowest BCUT2D eigenvalue weighted by Crippen LogP contribution is -2.27. The number of rotatable bonds is 6. The molecule has 0 aliphatic carbocycles. The Morgan fingerprint density at radius 2 is 1.83 bits per heavy atom. The Balaban J connectivity index is 2.94. The molecule has 0 fully saturated rings. The molecule has 0 spiro atoms. The molecule has 1 aromatic carbocycles. The Morgan fingerprint density at radius 1 is 1.17 bits per heavy atom. The number of hydrogen-bond acceptors (Lipinski definition) is 4. The molecular weight excluding hydrogens is 234 g/mol. The number of carbonyl (C=O) groups excluding carboxylic acids is 1. The first-order chi connectivity index (χ1) is 8.63. The zero-order valence-electron chi connectivity index (χ0n) is 11.2. The first kappa shape index (κ1) is 14.3. The molecule has 0 aliphatic heterocycles. The molecule has 18 heavy (non-hydrogen) atoms. The minimum Gasteiger partial charge on any atom is -0.496 e. The molecule has 0 saturated carbocycles. The van der Waals surface area contributed by atoms with Crippen LogP contribution < -0.4 is 14.8 Å². The van der Waals surface area contributed by atoms with Gasteiger partial charge in [0.1, 0.15) is 11.5 Å². The summed E-state index contributed by atoms with van der Waals surface area (Å²) >= 11 is 0. The summed E-state index contributed by atoms with van der Waals surface area (Å²) in [6.07, 6.45) is 0. The monoisotopic (exact) mass is 253 g/mol. The zero-order chi connectivity index (χ0) is 13.5. The van der Waals surface area contributed by atoms with Crippen molar-refractivity contribution in [2.75, 3.05) is 34.5 Å². The third-order valence-electron chi connectivity index (χ3n) is 2.55. The molecule has 1 aromatic rings. The lowest BCUT2D eigenvalue weighted by Gasteiger charge is -2.12. The Labute approximate surface area is 107 Å². The predicted molar refractivity (Wildman–Crippen MR) is 68.5 cm³/mol. The van der Waals surface area contributed by atoms with Crippen LogP contribution in [-0.2, 0) is 4.74 Å². The van der Waals surface area contributed by atoms with Crippen LogP contribution in [0.5, 0.6) is 11.5 Å². The topological polar surface area (TPSA) is 56.8 Å². The number of ether oxygens (including phenoxy) is 3. The van der Waals surface area contributed by atoms with E-state index in [1.54, 1.807) is 26.4 Å². The van der Waals surface area contributed by atoms with Gasteiger partial charge in [-0.3, -0.25) is 4.79 Å². The van der Waals surface area contributed by atoms with Gasteiger partial charge in [-0.05, 0) is 24.6 Å². The summed E-state index contributed by atoms with van der Waals surface area (Å²) in [5, 5.41) is 2.75. The Kier molecular flexibility index (Phi) is 5.45. The minimum absolute atomic E-state index is 0.206. The van der Waals surface area contributed by atoms with Gasteiger partial charge in [-0.15, -0.1) is 0 Å². The largest absolute Gasteiger partial charge is 0.496 e. The number of hydrogen-bond donors (Lipinski definition) is 1. The van der Waals surface area contributed by atoms with Crippen LogP contribution in [0.1, 0.15) is 15.9 Å². The molecule has 0 aromatic heterocycles. The highest BCUT2D eigenvalue weighted by atomic mass is 16.5. The van der Waals surface area contributed by atoms with Gasteiger partial charge in [0.2, 0.25) is 0 Å². The number of amides is 1. The highest BCUT2D eigenvalue weighted by Crippen LogP contribution is 2.28. The minimum atomic E-state index is -0.206. The van der Waals surface area contributed by atoms with Crippen molar-refractivity contribution in [1.29, 1.82) is 0 Å². The molecule has 100 valence electrons. The standard InChI is InChI=1S/C13H19NO4/c1-9-7-12(18-4)10(8-11(9)17-3)13(15)14-5-6-16-2/h7-8H,5-6H2,1-4H3,(H,14,15).